The third-order valence-electron chi connectivity index (χ3n) is 3.35. The van der Waals surface area contributed by atoms with Gasteiger partial charge in [0, 0.05) is 24.7 Å². The molecule has 6 heteroatoms. The summed E-state index contributed by atoms with van der Waals surface area (Å²) < 4.78 is 18.1. The van der Waals surface area contributed by atoms with Crippen LogP contribution < -0.4 is 15.4 Å². The monoisotopic (exact) mass is 330 g/mol. The summed E-state index contributed by atoms with van der Waals surface area (Å²) in [5.41, 5.74) is 2.11. The minimum atomic E-state index is -0.335. The first-order chi connectivity index (χ1) is 11.5. The van der Waals surface area contributed by atoms with Crippen LogP contribution in [-0.2, 0) is 22.6 Å². The highest BCUT2D eigenvalue weighted by Gasteiger charge is 2.08. The van der Waals surface area contributed by atoms with E-state index >= 15 is 0 Å². The van der Waals surface area contributed by atoms with E-state index in [9.17, 15) is 14.0 Å². The standard InChI is InChI=1S/C18H19FN2O3/c1-12(22)21-16-7-8-17(24-2)14(10-16)11-20-18(23)9-13-3-5-15(19)6-4-13/h3-8,10H,9,11H2,1-2H3,(H,20,23)(H,21,22). The summed E-state index contributed by atoms with van der Waals surface area (Å²) in [5.74, 6) is -0.0788. The van der Waals surface area contributed by atoms with E-state index in [1.165, 1.54) is 26.2 Å². The number of anilines is 1. The predicted octanol–water partition coefficient (Wildman–Crippen LogP) is 2.65. The lowest BCUT2D eigenvalue weighted by atomic mass is 10.1. The van der Waals surface area contributed by atoms with Crippen molar-refractivity contribution in [1.82, 2.24) is 5.32 Å². The Hall–Kier alpha value is -2.89. The molecule has 0 fully saturated rings. The van der Waals surface area contributed by atoms with Crippen LogP contribution in [0.2, 0.25) is 0 Å². The van der Waals surface area contributed by atoms with Crippen LogP contribution in [-0.4, -0.2) is 18.9 Å². The molecule has 0 atom stereocenters. The molecule has 0 aliphatic heterocycles. The Balaban J connectivity index is 2.00. The van der Waals surface area contributed by atoms with Crippen molar-refractivity contribution in [1.29, 1.82) is 0 Å². The second-order valence-corrected chi connectivity index (χ2v) is 5.29. The van der Waals surface area contributed by atoms with E-state index in [-0.39, 0.29) is 30.6 Å². The van der Waals surface area contributed by atoms with Crippen LogP contribution in [0, 0.1) is 5.82 Å². The van der Waals surface area contributed by atoms with Crippen LogP contribution in [0.3, 0.4) is 0 Å². The number of benzene rings is 2. The molecule has 0 aromatic heterocycles. The van der Waals surface area contributed by atoms with Crippen molar-refractivity contribution in [2.75, 3.05) is 12.4 Å². The van der Waals surface area contributed by atoms with E-state index in [1.807, 2.05) is 0 Å². The topological polar surface area (TPSA) is 67.4 Å². The van der Waals surface area contributed by atoms with Crippen LogP contribution in [0.4, 0.5) is 10.1 Å². The molecule has 0 saturated carbocycles. The van der Waals surface area contributed by atoms with Gasteiger partial charge in [-0.15, -0.1) is 0 Å². The lowest BCUT2D eigenvalue weighted by Crippen LogP contribution is -2.24. The van der Waals surface area contributed by atoms with Gasteiger partial charge in [-0.3, -0.25) is 9.59 Å². The first kappa shape index (κ1) is 17.5. The average Bonchev–Trinajstić information content (AvgIpc) is 2.55. The van der Waals surface area contributed by atoms with Gasteiger partial charge in [-0.2, -0.15) is 0 Å². The van der Waals surface area contributed by atoms with E-state index in [0.717, 1.165) is 11.1 Å². The summed E-state index contributed by atoms with van der Waals surface area (Å²) in [4.78, 5) is 23.2. The molecule has 0 aliphatic rings. The molecule has 2 rings (SSSR count). The molecule has 2 N–H and O–H groups in total. The maximum Gasteiger partial charge on any atom is 0.224 e. The van der Waals surface area contributed by atoms with Crippen LogP contribution in [0.15, 0.2) is 42.5 Å². The molecular formula is C18H19FN2O3. The molecule has 0 saturated heterocycles. The fraction of sp³-hybridized carbons (Fsp3) is 0.222. The Morgan fingerprint density at radius 1 is 1.12 bits per heavy atom. The van der Waals surface area contributed by atoms with Gasteiger partial charge in [0.2, 0.25) is 11.8 Å². The predicted molar refractivity (Wildman–Crippen MR) is 89.2 cm³/mol. The second kappa shape index (κ2) is 8.10. The van der Waals surface area contributed by atoms with Gasteiger partial charge in [-0.25, -0.2) is 4.39 Å². The first-order valence-corrected chi connectivity index (χ1v) is 7.43. The highest BCUT2D eigenvalue weighted by molar-refractivity contribution is 5.88. The van der Waals surface area contributed by atoms with Gasteiger partial charge in [-0.05, 0) is 35.9 Å². The minimum Gasteiger partial charge on any atom is -0.496 e. The van der Waals surface area contributed by atoms with E-state index in [0.29, 0.717) is 11.4 Å². The number of methoxy groups -OCH3 is 1. The largest absolute Gasteiger partial charge is 0.496 e. The summed E-state index contributed by atoms with van der Waals surface area (Å²) >= 11 is 0. The van der Waals surface area contributed by atoms with E-state index in [2.05, 4.69) is 10.6 Å². The molecule has 0 heterocycles. The Bertz CT molecular complexity index is 730. The molecular weight excluding hydrogens is 311 g/mol. The van der Waals surface area contributed by atoms with Gasteiger partial charge < -0.3 is 15.4 Å². The third-order valence-corrected chi connectivity index (χ3v) is 3.35. The van der Waals surface area contributed by atoms with Crippen LogP contribution >= 0.6 is 0 Å². The smallest absolute Gasteiger partial charge is 0.224 e. The number of rotatable bonds is 6. The molecule has 5 nitrogen and oxygen atoms in total. The van der Waals surface area contributed by atoms with Crippen LogP contribution in [0.5, 0.6) is 5.75 Å². The van der Waals surface area contributed by atoms with Crippen molar-refractivity contribution in [2.45, 2.75) is 19.9 Å². The Morgan fingerprint density at radius 2 is 1.83 bits per heavy atom. The molecule has 0 bridgehead atoms. The quantitative estimate of drug-likeness (QED) is 0.856. The first-order valence-electron chi connectivity index (χ1n) is 7.43. The highest BCUT2D eigenvalue weighted by Crippen LogP contribution is 2.22. The van der Waals surface area contributed by atoms with Crippen molar-refractivity contribution < 1.29 is 18.7 Å². The van der Waals surface area contributed by atoms with Gasteiger partial charge in [-0.1, -0.05) is 12.1 Å². The molecule has 2 amide bonds. The molecule has 24 heavy (non-hydrogen) atoms. The average molecular weight is 330 g/mol. The maximum atomic E-state index is 12.9. The summed E-state index contributed by atoms with van der Waals surface area (Å²) in [6, 6.07) is 11.0. The molecule has 0 unspecified atom stereocenters. The number of carbonyl (C=O) groups is 2. The molecule has 2 aromatic carbocycles. The summed E-state index contributed by atoms with van der Waals surface area (Å²) in [7, 11) is 1.54. The zero-order chi connectivity index (χ0) is 17.5. The number of nitrogens with one attached hydrogen (secondary N) is 2. The summed E-state index contributed by atoms with van der Waals surface area (Å²) in [6.07, 6.45) is 0.161. The summed E-state index contributed by atoms with van der Waals surface area (Å²) in [5, 5.41) is 5.48. The molecule has 0 radical (unpaired) electrons. The Morgan fingerprint density at radius 3 is 2.46 bits per heavy atom. The van der Waals surface area contributed by atoms with Gasteiger partial charge in [0.1, 0.15) is 11.6 Å². The Kier molecular flexibility index (Phi) is 5.89. The fourth-order valence-corrected chi connectivity index (χ4v) is 2.24. The summed E-state index contributed by atoms with van der Waals surface area (Å²) in [6.45, 7) is 1.69. The van der Waals surface area contributed by atoms with Crippen molar-refractivity contribution >= 4 is 17.5 Å². The van der Waals surface area contributed by atoms with E-state index < -0.39 is 0 Å². The molecule has 126 valence electrons. The van der Waals surface area contributed by atoms with Gasteiger partial charge >= 0.3 is 0 Å². The van der Waals surface area contributed by atoms with Crippen LogP contribution in [0.25, 0.3) is 0 Å². The lowest BCUT2D eigenvalue weighted by Gasteiger charge is -2.12. The van der Waals surface area contributed by atoms with Gasteiger partial charge in [0.25, 0.3) is 0 Å². The number of ether oxygens (including phenoxy) is 1. The Labute approximate surface area is 139 Å². The van der Waals surface area contributed by atoms with Crippen molar-refractivity contribution in [3.05, 3.63) is 59.4 Å². The maximum absolute atomic E-state index is 12.9. The molecule has 2 aromatic rings. The number of hydrogen-bond acceptors (Lipinski definition) is 3. The molecule has 0 spiro atoms. The van der Waals surface area contributed by atoms with E-state index in [4.69, 9.17) is 4.74 Å². The highest BCUT2D eigenvalue weighted by atomic mass is 19.1. The number of halogens is 1. The van der Waals surface area contributed by atoms with Gasteiger partial charge in [0.05, 0.1) is 13.5 Å². The number of amides is 2. The lowest BCUT2D eigenvalue weighted by molar-refractivity contribution is -0.120. The minimum absolute atomic E-state index is 0.161. The zero-order valence-electron chi connectivity index (χ0n) is 13.6. The van der Waals surface area contributed by atoms with E-state index in [1.54, 1.807) is 30.3 Å². The third kappa shape index (κ3) is 5.08. The fourth-order valence-electron chi connectivity index (χ4n) is 2.24. The molecule has 0 aliphatic carbocycles. The second-order valence-electron chi connectivity index (χ2n) is 5.29. The van der Waals surface area contributed by atoms with Crippen molar-refractivity contribution in [3.63, 3.8) is 0 Å². The van der Waals surface area contributed by atoms with Crippen molar-refractivity contribution in [3.8, 4) is 5.75 Å². The van der Waals surface area contributed by atoms with Gasteiger partial charge in [0.15, 0.2) is 0 Å². The number of carbonyl (C=O) groups excluding carboxylic acids is 2. The zero-order valence-corrected chi connectivity index (χ0v) is 13.6. The number of hydrogen-bond donors (Lipinski definition) is 2. The SMILES string of the molecule is COc1ccc(NC(C)=O)cc1CNC(=O)Cc1ccc(F)cc1. The van der Waals surface area contributed by atoms with Crippen LogP contribution in [0.1, 0.15) is 18.1 Å². The van der Waals surface area contributed by atoms with Crippen molar-refractivity contribution in [2.24, 2.45) is 0 Å². The normalized spacial score (nSPS) is 10.1.